The SMILES string of the molecule is CN1CCCC2C(c3cccs3)c3cc(O)ccc3C21. The normalized spacial score (nSPS) is 29.1. The van der Waals surface area contributed by atoms with Crippen LogP contribution in [0.15, 0.2) is 35.7 Å². The predicted molar refractivity (Wildman–Crippen MR) is 82.4 cm³/mol. The Balaban J connectivity index is 1.89. The van der Waals surface area contributed by atoms with Crippen LogP contribution in [0.25, 0.3) is 0 Å². The van der Waals surface area contributed by atoms with Gasteiger partial charge in [-0.2, -0.15) is 0 Å². The number of fused-ring (bicyclic) bond motifs is 3. The van der Waals surface area contributed by atoms with Crippen molar-refractivity contribution in [1.82, 2.24) is 4.90 Å². The molecular weight excluding hydrogens is 266 g/mol. The molecule has 2 heterocycles. The van der Waals surface area contributed by atoms with E-state index >= 15 is 0 Å². The van der Waals surface area contributed by atoms with E-state index in [4.69, 9.17) is 0 Å². The van der Waals surface area contributed by atoms with Crippen molar-refractivity contribution in [3.8, 4) is 5.75 Å². The molecule has 1 fully saturated rings. The lowest BCUT2D eigenvalue weighted by Gasteiger charge is -2.37. The fourth-order valence-corrected chi connectivity index (χ4v) is 5.10. The van der Waals surface area contributed by atoms with E-state index in [0.717, 1.165) is 0 Å². The Morgan fingerprint density at radius 3 is 2.95 bits per heavy atom. The van der Waals surface area contributed by atoms with Gasteiger partial charge >= 0.3 is 0 Å². The first-order valence-corrected chi connectivity index (χ1v) is 8.20. The van der Waals surface area contributed by atoms with Crippen LogP contribution >= 0.6 is 11.3 Å². The maximum absolute atomic E-state index is 9.90. The van der Waals surface area contributed by atoms with Crippen LogP contribution in [-0.4, -0.2) is 23.6 Å². The smallest absolute Gasteiger partial charge is 0.115 e. The zero-order chi connectivity index (χ0) is 13.7. The number of phenols is 1. The number of aromatic hydroxyl groups is 1. The summed E-state index contributed by atoms with van der Waals surface area (Å²) in [5.74, 6) is 1.51. The van der Waals surface area contributed by atoms with E-state index in [9.17, 15) is 5.11 Å². The molecule has 2 aromatic rings. The van der Waals surface area contributed by atoms with E-state index in [1.165, 1.54) is 35.4 Å². The molecule has 0 saturated carbocycles. The number of likely N-dealkylation sites (tertiary alicyclic amines) is 1. The molecule has 2 nitrogen and oxygen atoms in total. The highest BCUT2D eigenvalue weighted by atomic mass is 32.1. The Labute approximate surface area is 123 Å². The number of nitrogens with zero attached hydrogens (tertiary/aromatic N) is 1. The minimum Gasteiger partial charge on any atom is -0.508 e. The second-order valence-corrected chi connectivity index (χ2v) is 7.02. The van der Waals surface area contributed by atoms with Gasteiger partial charge < -0.3 is 5.11 Å². The van der Waals surface area contributed by atoms with Crippen LogP contribution < -0.4 is 0 Å². The maximum atomic E-state index is 9.90. The molecule has 0 radical (unpaired) electrons. The summed E-state index contributed by atoms with van der Waals surface area (Å²) >= 11 is 1.85. The van der Waals surface area contributed by atoms with Gasteiger partial charge in [0.05, 0.1) is 0 Å². The van der Waals surface area contributed by atoms with Gasteiger partial charge in [0, 0.05) is 16.8 Å². The average Bonchev–Trinajstić information content (AvgIpc) is 3.03. The van der Waals surface area contributed by atoms with Crippen molar-refractivity contribution in [2.24, 2.45) is 5.92 Å². The van der Waals surface area contributed by atoms with Crippen LogP contribution in [0, 0.1) is 5.92 Å². The monoisotopic (exact) mass is 285 g/mol. The number of piperidine rings is 1. The topological polar surface area (TPSA) is 23.5 Å². The summed E-state index contributed by atoms with van der Waals surface area (Å²) in [6.07, 6.45) is 2.56. The zero-order valence-corrected chi connectivity index (χ0v) is 12.4. The van der Waals surface area contributed by atoms with E-state index in [1.807, 2.05) is 23.5 Å². The second-order valence-electron chi connectivity index (χ2n) is 6.04. The second kappa shape index (κ2) is 4.61. The summed E-state index contributed by atoms with van der Waals surface area (Å²) < 4.78 is 0. The molecular formula is C17H19NOS. The quantitative estimate of drug-likeness (QED) is 0.856. The molecule has 0 bridgehead atoms. The lowest BCUT2D eigenvalue weighted by molar-refractivity contribution is 0.127. The molecule has 1 saturated heterocycles. The fourth-order valence-electron chi connectivity index (χ4n) is 4.18. The summed E-state index contributed by atoms with van der Waals surface area (Å²) in [5.41, 5.74) is 2.77. The van der Waals surface area contributed by atoms with E-state index < -0.39 is 0 Å². The molecule has 1 N–H and O–H groups in total. The first-order valence-electron chi connectivity index (χ1n) is 7.32. The molecule has 1 aliphatic heterocycles. The number of benzene rings is 1. The van der Waals surface area contributed by atoms with Crippen LogP contribution in [0.5, 0.6) is 5.75 Å². The highest BCUT2D eigenvalue weighted by molar-refractivity contribution is 7.10. The lowest BCUT2D eigenvalue weighted by atomic mass is 9.83. The largest absolute Gasteiger partial charge is 0.508 e. The van der Waals surface area contributed by atoms with Crippen molar-refractivity contribution >= 4 is 11.3 Å². The average molecular weight is 285 g/mol. The van der Waals surface area contributed by atoms with Crippen molar-refractivity contribution in [3.05, 3.63) is 51.7 Å². The van der Waals surface area contributed by atoms with E-state index in [2.05, 4.69) is 35.5 Å². The van der Waals surface area contributed by atoms with Crippen molar-refractivity contribution in [3.63, 3.8) is 0 Å². The number of rotatable bonds is 1. The third-order valence-corrected chi connectivity index (χ3v) is 5.89. The highest BCUT2D eigenvalue weighted by Crippen LogP contribution is 2.55. The van der Waals surface area contributed by atoms with Gasteiger partial charge in [0.15, 0.2) is 0 Å². The Bertz CT molecular complexity index is 622. The standard InChI is InChI=1S/C17H19NOS/c1-18-8-2-4-13-16(15-5-3-9-20-15)14-10-11(19)6-7-12(14)17(13)18/h3,5-7,9-10,13,16-17,19H,2,4,8H2,1H3. The van der Waals surface area contributed by atoms with Crippen molar-refractivity contribution < 1.29 is 5.11 Å². The van der Waals surface area contributed by atoms with Crippen LogP contribution in [0.4, 0.5) is 0 Å². The molecule has 3 unspecified atom stereocenters. The Morgan fingerprint density at radius 2 is 2.15 bits per heavy atom. The van der Waals surface area contributed by atoms with Crippen molar-refractivity contribution in [1.29, 1.82) is 0 Å². The van der Waals surface area contributed by atoms with Crippen LogP contribution in [0.1, 0.15) is 40.8 Å². The summed E-state index contributed by atoms with van der Waals surface area (Å²) in [7, 11) is 2.24. The molecule has 20 heavy (non-hydrogen) atoms. The van der Waals surface area contributed by atoms with E-state index in [0.29, 0.717) is 23.6 Å². The lowest BCUT2D eigenvalue weighted by Crippen LogP contribution is -2.34. The van der Waals surface area contributed by atoms with Gasteiger partial charge in [0.25, 0.3) is 0 Å². The Hall–Kier alpha value is -1.32. The molecule has 2 aliphatic rings. The van der Waals surface area contributed by atoms with Gasteiger partial charge in [-0.15, -0.1) is 11.3 Å². The number of hydrogen-bond donors (Lipinski definition) is 1. The van der Waals surface area contributed by atoms with Crippen molar-refractivity contribution in [2.45, 2.75) is 24.8 Å². The maximum Gasteiger partial charge on any atom is 0.115 e. The first kappa shape index (κ1) is 12.4. The summed E-state index contributed by atoms with van der Waals surface area (Å²) in [6, 6.07) is 10.9. The minimum atomic E-state index is 0.395. The van der Waals surface area contributed by atoms with Crippen LogP contribution in [0.3, 0.4) is 0 Å². The van der Waals surface area contributed by atoms with Gasteiger partial charge in [-0.05, 0) is 67.1 Å². The third kappa shape index (κ3) is 1.73. The number of hydrogen-bond acceptors (Lipinski definition) is 3. The first-order chi connectivity index (χ1) is 9.75. The highest BCUT2D eigenvalue weighted by Gasteiger charge is 2.45. The summed E-state index contributed by atoms with van der Waals surface area (Å²) in [4.78, 5) is 3.94. The third-order valence-electron chi connectivity index (χ3n) is 4.93. The van der Waals surface area contributed by atoms with Gasteiger partial charge in [-0.25, -0.2) is 0 Å². The molecule has 3 heteroatoms. The molecule has 4 rings (SSSR count). The molecule has 1 aromatic carbocycles. The van der Waals surface area contributed by atoms with Crippen molar-refractivity contribution in [2.75, 3.05) is 13.6 Å². The Kier molecular flexibility index (Phi) is 2.86. The fraction of sp³-hybridized carbons (Fsp3) is 0.412. The van der Waals surface area contributed by atoms with Gasteiger partial charge in [0.1, 0.15) is 5.75 Å². The molecule has 1 aliphatic carbocycles. The van der Waals surface area contributed by atoms with Gasteiger partial charge in [-0.3, -0.25) is 4.90 Å². The van der Waals surface area contributed by atoms with E-state index in [1.54, 1.807) is 0 Å². The molecule has 104 valence electrons. The molecule has 0 amide bonds. The number of phenolic OH excluding ortho intramolecular Hbond substituents is 1. The predicted octanol–water partition coefficient (Wildman–Crippen LogP) is 3.98. The Morgan fingerprint density at radius 1 is 1.25 bits per heavy atom. The summed E-state index contributed by atoms with van der Waals surface area (Å²) in [6.45, 7) is 1.18. The van der Waals surface area contributed by atoms with Gasteiger partial charge in [-0.1, -0.05) is 12.1 Å². The van der Waals surface area contributed by atoms with Gasteiger partial charge in [0.2, 0.25) is 0 Å². The molecule has 0 spiro atoms. The minimum absolute atomic E-state index is 0.395. The van der Waals surface area contributed by atoms with E-state index in [-0.39, 0.29) is 0 Å². The van der Waals surface area contributed by atoms with Crippen LogP contribution in [0.2, 0.25) is 0 Å². The summed E-state index contributed by atoms with van der Waals surface area (Å²) in [5, 5.41) is 12.1. The number of thiophene rings is 1. The van der Waals surface area contributed by atoms with Crippen LogP contribution in [-0.2, 0) is 0 Å². The zero-order valence-electron chi connectivity index (χ0n) is 11.6. The molecule has 1 aromatic heterocycles. The molecule has 3 atom stereocenters.